The number of aromatic nitrogens is 1. The Balaban J connectivity index is 1.52. The van der Waals surface area contributed by atoms with Crippen LogP contribution in [0, 0.1) is 0 Å². The second-order valence-corrected chi connectivity index (χ2v) is 7.69. The number of pyridine rings is 1. The fourth-order valence-electron chi connectivity index (χ4n) is 3.67. The Bertz CT molecular complexity index is 590. The Morgan fingerprint density at radius 1 is 1.38 bits per heavy atom. The molecule has 0 bridgehead atoms. The zero-order valence-corrected chi connectivity index (χ0v) is 15.7. The van der Waals surface area contributed by atoms with Gasteiger partial charge in [-0.05, 0) is 31.9 Å². The van der Waals surface area contributed by atoms with Crippen LogP contribution in [0.2, 0.25) is 0 Å². The molecule has 0 aromatic carbocycles. The Hall–Kier alpha value is -1.54. The van der Waals surface area contributed by atoms with Gasteiger partial charge in [-0.2, -0.15) is 0 Å². The Morgan fingerprint density at radius 2 is 2.15 bits per heavy atom. The van der Waals surface area contributed by atoms with E-state index < -0.39 is 11.6 Å². The van der Waals surface area contributed by atoms with Crippen molar-refractivity contribution in [1.82, 2.24) is 20.1 Å². The van der Waals surface area contributed by atoms with E-state index in [1.54, 1.807) is 6.20 Å². The van der Waals surface area contributed by atoms with Crippen LogP contribution in [0.25, 0.3) is 0 Å². The number of carbonyl (C=O) groups excluding carboxylic acids is 1. The van der Waals surface area contributed by atoms with Gasteiger partial charge in [0, 0.05) is 45.1 Å². The minimum Gasteiger partial charge on any atom is -0.390 e. The lowest BCUT2D eigenvalue weighted by Crippen LogP contribution is -2.62. The van der Waals surface area contributed by atoms with Gasteiger partial charge in [0.05, 0.1) is 30.9 Å². The summed E-state index contributed by atoms with van der Waals surface area (Å²) in [6.07, 6.45) is 3.79. The molecule has 3 heterocycles. The Labute approximate surface area is 155 Å². The van der Waals surface area contributed by atoms with Crippen molar-refractivity contribution >= 4 is 5.91 Å². The Morgan fingerprint density at radius 3 is 2.81 bits per heavy atom. The first-order chi connectivity index (χ1) is 12.5. The van der Waals surface area contributed by atoms with Crippen molar-refractivity contribution in [1.29, 1.82) is 0 Å². The predicted molar refractivity (Wildman–Crippen MR) is 98.5 cm³/mol. The van der Waals surface area contributed by atoms with Gasteiger partial charge >= 0.3 is 0 Å². The highest BCUT2D eigenvalue weighted by atomic mass is 16.5. The van der Waals surface area contributed by atoms with E-state index >= 15 is 0 Å². The maximum absolute atomic E-state index is 12.8. The van der Waals surface area contributed by atoms with Crippen molar-refractivity contribution in [3.05, 3.63) is 30.1 Å². The van der Waals surface area contributed by atoms with E-state index in [0.29, 0.717) is 19.8 Å². The van der Waals surface area contributed by atoms with Crippen molar-refractivity contribution in [3.63, 3.8) is 0 Å². The van der Waals surface area contributed by atoms with Gasteiger partial charge < -0.3 is 15.2 Å². The molecule has 7 nitrogen and oxygen atoms in total. The van der Waals surface area contributed by atoms with E-state index in [4.69, 9.17) is 4.74 Å². The molecular formula is C19H30N4O3. The number of hydrogen-bond donors (Lipinski definition) is 2. The van der Waals surface area contributed by atoms with Crippen LogP contribution < -0.4 is 5.32 Å². The van der Waals surface area contributed by atoms with Crippen LogP contribution in [0.4, 0.5) is 0 Å². The van der Waals surface area contributed by atoms with Crippen LogP contribution >= 0.6 is 0 Å². The summed E-state index contributed by atoms with van der Waals surface area (Å²) < 4.78 is 5.38. The number of carbonyl (C=O) groups is 1. The molecule has 0 unspecified atom stereocenters. The summed E-state index contributed by atoms with van der Waals surface area (Å²) in [5.74, 6) is -0.0239. The molecule has 7 heteroatoms. The largest absolute Gasteiger partial charge is 0.390 e. The maximum atomic E-state index is 12.8. The summed E-state index contributed by atoms with van der Waals surface area (Å²) in [4.78, 5) is 21.3. The quantitative estimate of drug-likeness (QED) is 0.782. The van der Waals surface area contributed by atoms with Crippen molar-refractivity contribution in [2.24, 2.45) is 0 Å². The number of amides is 1. The molecule has 0 radical (unpaired) electrons. The molecule has 2 fully saturated rings. The van der Waals surface area contributed by atoms with Gasteiger partial charge in [0.15, 0.2) is 0 Å². The van der Waals surface area contributed by atoms with Crippen LogP contribution in [0.1, 0.15) is 25.8 Å². The van der Waals surface area contributed by atoms with E-state index in [-0.39, 0.29) is 11.9 Å². The molecule has 26 heavy (non-hydrogen) atoms. The summed E-state index contributed by atoms with van der Waals surface area (Å²) >= 11 is 0. The average molecular weight is 362 g/mol. The molecule has 0 spiro atoms. The summed E-state index contributed by atoms with van der Waals surface area (Å²) in [6, 6.07) is 3.76. The molecular weight excluding hydrogens is 332 g/mol. The number of nitrogens with zero attached hydrogens (tertiary/aromatic N) is 3. The summed E-state index contributed by atoms with van der Waals surface area (Å²) in [5, 5.41) is 13.6. The number of morpholine rings is 1. The van der Waals surface area contributed by atoms with E-state index in [0.717, 1.165) is 38.2 Å². The summed E-state index contributed by atoms with van der Waals surface area (Å²) in [5.41, 5.74) is 0.534. The van der Waals surface area contributed by atoms with Gasteiger partial charge in [0.2, 0.25) is 5.91 Å². The third-order valence-corrected chi connectivity index (χ3v) is 5.47. The highest BCUT2D eigenvalue weighted by molar-refractivity contribution is 5.85. The minimum atomic E-state index is -0.601. The third-order valence-electron chi connectivity index (χ3n) is 5.47. The number of aliphatic hydroxyl groups excluding tert-OH is 1. The zero-order chi connectivity index (χ0) is 18.6. The second kappa shape index (κ2) is 8.43. The van der Waals surface area contributed by atoms with Crippen molar-refractivity contribution in [2.75, 3.05) is 39.4 Å². The molecule has 2 saturated heterocycles. The zero-order valence-electron chi connectivity index (χ0n) is 15.7. The summed E-state index contributed by atoms with van der Waals surface area (Å²) in [7, 11) is 0. The molecule has 3 rings (SSSR count). The first kappa shape index (κ1) is 19.2. The van der Waals surface area contributed by atoms with Crippen molar-refractivity contribution in [3.8, 4) is 0 Å². The molecule has 144 valence electrons. The number of hydrogen-bond acceptors (Lipinski definition) is 6. The smallest absolute Gasteiger partial charge is 0.240 e. The van der Waals surface area contributed by atoms with E-state index in [9.17, 15) is 9.90 Å². The van der Waals surface area contributed by atoms with Gasteiger partial charge in [-0.3, -0.25) is 19.6 Å². The fourth-order valence-corrected chi connectivity index (χ4v) is 3.67. The van der Waals surface area contributed by atoms with Crippen LogP contribution in [0.3, 0.4) is 0 Å². The second-order valence-electron chi connectivity index (χ2n) is 7.69. The van der Waals surface area contributed by atoms with Crippen molar-refractivity contribution in [2.45, 2.75) is 44.5 Å². The van der Waals surface area contributed by atoms with Gasteiger partial charge in [-0.25, -0.2) is 0 Å². The normalized spacial score (nSPS) is 25.8. The SMILES string of the molecule is CC(C)(C(=O)N[C@@H]1CCN(Cc2cccnc2)C[C@H]1O)N1CCOCC1. The van der Waals surface area contributed by atoms with Crippen LogP contribution in [0.15, 0.2) is 24.5 Å². The van der Waals surface area contributed by atoms with Gasteiger partial charge in [0.25, 0.3) is 0 Å². The maximum Gasteiger partial charge on any atom is 0.240 e. The van der Waals surface area contributed by atoms with E-state index in [1.165, 1.54) is 0 Å². The van der Waals surface area contributed by atoms with Crippen LogP contribution in [0.5, 0.6) is 0 Å². The lowest BCUT2D eigenvalue weighted by Gasteiger charge is -2.42. The third kappa shape index (κ3) is 4.59. The van der Waals surface area contributed by atoms with Crippen molar-refractivity contribution < 1.29 is 14.6 Å². The highest BCUT2D eigenvalue weighted by Gasteiger charge is 2.38. The van der Waals surface area contributed by atoms with Gasteiger partial charge in [-0.1, -0.05) is 6.07 Å². The molecule has 2 atom stereocenters. The van der Waals surface area contributed by atoms with Gasteiger partial charge in [-0.15, -0.1) is 0 Å². The van der Waals surface area contributed by atoms with Crippen LogP contribution in [-0.4, -0.2) is 82.9 Å². The average Bonchev–Trinajstić information content (AvgIpc) is 2.65. The standard InChI is InChI=1S/C19H30N4O3/c1-19(2,23-8-10-26-11-9-23)18(25)21-16-5-7-22(14-17(16)24)13-15-4-3-6-20-12-15/h3-4,6,12,16-17,24H,5,7-11,13-14H2,1-2H3,(H,21,25)/t16-,17-/m1/s1. The number of β-amino-alcohol motifs (C(OH)–C–C–N with tert-alkyl or cyclic N) is 1. The lowest BCUT2D eigenvalue weighted by atomic mass is 9.96. The van der Waals surface area contributed by atoms with Gasteiger partial charge in [0.1, 0.15) is 0 Å². The first-order valence-corrected chi connectivity index (χ1v) is 9.40. The molecule has 1 aromatic heterocycles. The first-order valence-electron chi connectivity index (χ1n) is 9.40. The summed E-state index contributed by atoms with van der Waals surface area (Å²) in [6.45, 7) is 8.88. The monoisotopic (exact) mass is 362 g/mol. The lowest BCUT2D eigenvalue weighted by molar-refractivity contribution is -0.136. The van der Waals surface area contributed by atoms with E-state index in [2.05, 4.69) is 20.1 Å². The van der Waals surface area contributed by atoms with Crippen LogP contribution in [-0.2, 0) is 16.1 Å². The van der Waals surface area contributed by atoms with E-state index in [1.807, 2.05) is 32.2 Å². The number of nitrogens with one attached hydrogen (secondary N) is 1. The molecule has 2 N–H and O–H groups in total. The number of ether oxygens (including phenoxy) is 1. The minimum absolute atomic E-state index is 0.0239. The molecule has 1 aromatic rings. The number of rotatable bonds is 5. The topological polar surface area (TPSA) is 77.9 Å². The Kier molecular flexibility index (Phi) is 6.24. The molecule has 2 aliphatic rings. The number of likely N-dealkylation sites (tertiary alicyclic amines) is 1. The molecule has 0 aliphatic carbocycles. The molecule has 1 amide bonds. The number of aliphatic hydroxyl groups is 1. The number of piperidine rings is 1. The highest BCUT2D eigenvalue weighted by Crippen LogP contribution is 2.19. The fraction of sp³-hybridized carbons (Fsp3) is 0.684. The molecule has 2 aliphatic heterocycles. The predicted octanol–water partition coefficient (Wildman–Crippen LogP) is 0.244. The molecule has 0 saturated carbocycles.